The minimum atomic E-state index is 0.641. The Labute approximate surface area is 125 Å². The van der Waals surface area contributed by atoms with Crippen molar-refractivity contribution >= 4 is 27.5 Å². The summed E-state index contributed by atoms with van der Waals surface area (Å²) in [6.07, 6.45) is 4.53. The molecule has 6 heteroatoms. The molecule has 0 unspecified atom stereocenters. The van der Waals surface area contributed by atoms with Gasteiger partial charge in [-0.2, -0.15) is 0 Å². The highest BCUT2D eigenvalue weighted by Crippen LogP contribution is 2.22. The molecule has 4 nitrogen and oxygen atoms in total. The molecule has 1 heterocycles. The zero-order valence-corrected chi connectivity index (χ0v) is 12.7. The van der Waals surface area contributed by atoms with E-state index >= 15 is 0 Å². The van der Waals surface area contributed by atoms with E-state index < -0.39 is 0 Å². The molecular formula is C13H14BrClN4. The van der Waals surface area contributed by atoms with Crippen molar-refractivity contribution in [3.05, 3.63) is 45.1 Å². The normalized spacial score (nSPS) is 14.8. The molecule has 0 spiro atoms. The van der Waals surface area contributed by atoms with Crippen LogP contribution < -0.4 is 5.32 Å². The van der Waals surface area contributed by atoms with Crippen LogP contribution in [-0.4, -0.2) is 21.0 Å². The summed E-state index contributed by atoms with van der Waals surface area (Å²) in [5.41, 5.74) is 2.01. The lowest BCUT2D eigenvalue weighted by molar-refractivity contribution is 0.646. The fourth-order valence-electron chi connectivity index (χ4n) is 1.86. The van der Waals surface area contributed by atoms with Gasteiger partial charge in [0.1, 0.15) is 0 Å². The minimum absolute atomic E-state index is 0.641. The molecular weight excluding hydrogens is 328 g/mol. The van der Waals surface area contributed by atoms with Crippen LogP contribution in [0.15, 0.2) is 28.9 Å². The van der Waals surface area contributed by atoms with Gasteiger partial charge < -0.3 is 5.32 Å². The molecule has 0 amide bonds. The maximum Gasteiger partial charge on any atom is 0.0965 e. The minimum Gasteiger partial charge on any atom is -0.308 e. The SMILES string of the molecule is Clc1cc(Br)ccc1Cn1cc(CNC2CC2)nn1. The smallest absolute Gasteiger partial charge is 0.0965 e. The zero-order chi connectivity index (χ0) is 13.2. The maximum absolute atomic E-state index is 6.19. The summed E-state index contributed by atoms with van der Waals surface area (Å²) in [7, 11) is 0. The lowest BCUT2D eigenvalue weighted by Gasteiger charge is -2.04. The van der Waals surface area contributed by atoms with E-state index in [9.17, 15) is 0 Å². The first-order valence-corrected chi connectivity index (χ1v) is 7.44. The second-order valence-corrected chi connectivity index (χ2v) is 6.12. The number of aromatic nitrogens is 3. The Hall–Kier alpha value is -0.910. The highest BCUT2D eigenvalue weighted by molar-refractivity contribution is 9.10. The van der Waals surface area contributed by atoms with Crippen molar-refractivity contribution in [1.82, 2.24) is 20.3 Å². The van der Waals surface area contributed by atoms with E-state index in [4.69, 9.17) is 11.6 Å². The molecule has 1 saturated carbocycles. The van der Waals surface area contributed by atoms with Gasteiger partial charge in [0.05, 0.1) is 18.4 Å². The van der Waals surface area contributed by atoms with E-state index in [-0.39, 0.29) is 0 Å². The van der Waals surface area contributed by atoms with Gasteiger partial charge in [-0.15, -0.1) is 5.10 Å². The number of nitrogens with one attached hydrogen (secondary N) is 1. The summed E-state index contributed by atoms with van der Waals surface area (Å²) in [6, 6.07) is 6.55. The molecule has 1 aliphatic carbocycles. The van der Waals surface area contributed by atoms with Crippen molar-refractivity contribution in [3.63, 3.8) is 0 Å². The van der Waals surface area contributed by atoms with Gasteiger partial charge in [-0.25, -0.2) is 4.68 Å². The van der Waals surface area contributed by atoms with Crippen molar-refractivity contribution in [2.45, 2.75) is 32.0 Å². The standard InChI is InChI=1S/C13H14BrClN4/c14-10-2-1-9(13(15)5-10)7-19-8-12(17-18-19)6-16-11-3-4-11/h1-2,5,8,11,16H,3-4,6-7H2. The van der Waals surface area contributed by atoms with Crippen molar-refractivity contribution in [1.29, 1.82) is 0 Å². The first kappa shape index (κ1) is 13.1. The van der Waals surface area contributed by atoms with E-state index in [1.807, 2.05) is 29.1 Å². The molecule has 100 valence electrons. The molecule has 0 saturated heterocycles. The summed E-state index contributed by atoms with van der Waals surface area (Å²) in [5.74, 6) is 0. The number of hydrogen-bond donors (Lipinski definition) is 1. The third-order valence-corrected chi connectivity index (χ3v) is 3.93. The molecule has 1 aromatic carbocycles. The number of halogens is 2. The summed E-state index contributed by atoms with van der Waals surface area (Å²) < 4.78 is 2.80. The van der Waals surface area contributed by atoms with Gasteiger partial charge in [-0.05, 0) is 30.5 Å². The van der Waals surface area contributed by atoms with Crippen molar-refractivity contribution < 1.29 is 0 Å². The summed E-state index contributed by atoms with van der Waals surface area (Å²) in [5, 5.41) is 12.4. The Balaban J connectivity index is 1.65. The van der Waals surface area contributed by atoms with Gasteiger partial charge >= 0.3 is 0 Å². The van der Waals surface area contributed by atoms with E-state index in [0.29, 0.717) is 12.6 Å². The molecule has 19 heavy (non-hydrogen) atoms. The Kier molecular flexibility index (Phi) is 3.86. The van der Waals surface area contributed by atoms with Gasteiger partial charge in [0.2, 0.25) is 0 Å². The van der Waals surface area contributed by atoms with Crippen LogP contribution in [0.5, 0.6) is 0 Å². The summed E-state index contributed by atoms with van der Waals surface area (Å²) >= 11 is 9.59. The van der Waals surface area contributed by atoms with E-state index in [1.165, 1.54) is 12.8 Å². The van der Waals surface area contributed by atoms with Crippen molar-refractivity contribution in [2.75, 3.05) is 0 Å². The van der Waals surface area contributed by atoms with Gasteiger partial charge in [-0.1, -0.05) is 38.8 Å². The van der Waals surface area contributed by atoms with Crippen LogP contribution in [-0.2, 0) is 13.1 Å². The number of rotatable bonds is 5. The highest BCUT2D eigenvalue weighted by atomic mass is 79.9. The van der Waals surface area contributed by atoms with E-state index in [1.54, 1.807) is 0 Å². The lowest BCUT2D eigenvalue weighted by Crippen LogP contribution is -2.15. The summed E-state index contributed by atoms with van der Waals surface area (Å²) in [4.78, 5) is 0. The van der Waals surface area contributed by atoms with Crippen molar-refractivity contribution in [2.24, 2.45) is 0 Å². The Morgan fingerprint density at radius 1 is 1.42 bits per heavy atom. The van der Waals surface area contributed by atoms with Crippen LogP contribution in [0.3, 0.4) is 0 Å². The molecule has 2 aromatic rings. The number of hydrogen-bond acceptors (Lipinski definition) is 3. The first-order valence-electron chi connectivity index (χ1n) is 6.27. The van der Waals surface area contributed by atoms with Crippen LogP contribution in [0.1, 0.15) is 24.1 Å². The maximum atomic E-state index is 6.19. The topological polar surface area (TPSA) is 42.7 Å². The van der Waals surface area contributed by atoms with Crippen LogP contribution >= 0.6 is 27.5 Å². The third kappa shape index (κ3) is 3.55. The largest absolute Gasteiger partial charge is 0.308 e. The monoisotopic (exact) mass is 340 g/mol. The molecule has 1 fully saturated rings. The fraction of sp³-hybridized carbons (Fsp3) is 0.385. The van der Waals surface area contributed by atoms with Crippen LogP contribution in [0.2, 0.25) is 5.02 Å². The molecule has 1 aliphatic rings. The average molecular weight is 342 g/mol. The second-order valence-electron chi connectivity index (χ2n) is 4.80. The van der Waals surface area contributed by atoms with Gasteiger partial charge in [0.15, 0.2) is 0 Å². The second kappa shape index (κ2) is 5.61. The molecule has 0 atom stereocenters. The zero-order valence-electron chi connectivity index (χ0n) is 10.3. The molecule has 0 aliphatic heterocycles. The van der Waals surface area contributed by atoms with E-state index in [0.717, 1.165) is 27.3 Å². The lowest BCUT2D eigenvalue weighted by atomic mass is 10.2. The molecule has 1 aromatic heterocycles. The van der Waals surface area contributed by atoms with Gasteiger partial charge in [0, 0.05) is 22.1 Å². The fourth-order valence-corrected chi connectivity index (χ4v) is 2.59. The van der Waals surface area contributed by atoms with Crippen LogP contribution in [0.25, 0.3) is 0 Å². The summed E-state index contributed by atoms with van der Waals surface area (Å²) in [6.45, 7) is 1.43. The van der Waals surface area contributed by atoms with Gasteiger partial charge in [-0.3, -0.25) is 0 Å². The van der Waals surface area contributed by atoms with Crippen LogP contribution in [0.4, 0.5) is 0 Å². The highest BCUT2D eigenvalue weighted by Gasteiger charge is 2.20. The molecule has 3 rings (SSSR count). The average Bonchev–Trinajstić information content (AvgIpc) is 3.10. The quantitative estimate of drug-likeness (QED) is 0.909. The van der Waals surface area contributed by atoms with Crippen LogP contribution in [0, 0.1) is 0 Å². The predicted molar refractivity (Wildman–Crippen MR) is 78.1 cm³/mol. The first-order chi connectivity index (χ1) is 9.20. The Morgan fingerprint density at radius 3 is 3.00 bits per heavy atom. The van der Waals surface area contributed by atoms with Crippen molar-refractivity contribution in [3.8, 4) is 0 Å². The molecule has 0 radical (unpaired) electrons. The Bertz CT molecular complexity index is 580. The Morgan fingerprint density at radius 2 is 2.26 bits per heavy atom. The third-order valence-electron chi connectivity index (χ3n) is 3.08. The number of nitrogens with zero attached hydrogens (tertiary/aromatic N) is 3. The molecule has 0 bridgehead atoms. The predicted octanol–water partition coefficient (Wildman–Crippen LogP) is 2.99. The number of benzene rings is 1. The molecule has 1 N–H and O–H groups in total. The van der Waals surface area contributed by atoms with Gasteiger partial charge in [0.25, 0.3) is 0 Å². The van der Waals surface area contributed by atoms with E-state index in [2.05, 4.69) is 31.6 Å².